The number of amides is 2. The van der Waals surface area contributed by atoms with Crippen LogP contribution in [-0.4, -0.2) is 130 Å². The van der Waals surface area contributed by atoms with Gasteiger partial charge in [-0.15, -0.1) is 0 Å². The Balaban J connectivity index is 0.835. The normalized spacial score (nSPS) is 22.2. The molecule has 406 valence electrons. The van der Waals surface area contributed by atoms with Crippen LogP contribution < -0.4 is 16.4 Å². The van der Waals surface area contributed by atoms with Gasteiger partial charge in [-0.2, -0.15) is 4.31 Å². The van der Waals surface area contributed by atoms with Crippen LogP contribution in [0.4, 0.5) is 5.82 Å². The number of carbonyl (C=O) groups is 4. The molecule has 1 aromatic carbocycles. The van der Waals surface area contributed by atoms with Crippen LogP contribution in [0, 0.1) is 10.8 Å². The van der Waals surface area contributed by atoms with Crippen molar-refractivity contribution in [2.45, 2.75) is 146 Å². The average molecular weight is 1090 g/mol. The van der Waals surface area contributed by atoms with Crippen molar-refractivity contribution < 1.29 is 90.0 Å². The number of nitrogens with zero attached hydrogens (tertiary/aromatic N) is 4. The third-order valence-electron chi connectivity index (χ3n) is 13.3. The van der Waals surface area contributed by atoms with Gasteiger partial charge >= 0.3 is 23.5 Å². The van der Waals surface area contributed by atoms with Crippen molar-refractivity contribution >= 4 is 64.5 Å². The van der Waals surface area contributed by atoms with Crippen molar-refractivity contribution in [1.29, 1.82) is 0 Å². The average Bonchev–Trinajstić information content (AvgIpc) is 4.22. The molecule has 3 aromatic rings. The molecule has 3 fully saturated rings. The number of Topliss-reactive ketones (excluding diaryl/α,β-unsaturated/α-hetero) is 1. The number of ether oxygens (including phenoxy) is 2. The molecule has 7 unspecified atom stereocenters. The summed E-state index contributed by atoms with van der Waals surface area (Å²) in [5.74, 6) is -1.36. The molecule has 2 aromatic heterocycles. The Kier molecular flexibility index (Phi) is 19.7. The number of phosphoric ester groups is 3. The number of aryl methyl sites for hydroxylation is 2. The molecular weight excluding hydrogens is 1020 g/mol. The molecule has 10 N–H and O–H groups in total. The number of fused-ring (bicyclic) bond motifs is 1. The van der Waals surface area contributed by atoms with E-state index in [1.54, 1.807) is 0 Å². The number of carbonyl (C=O) groups excluding carboxylic acids is 4. The summed E-state index contributed by atoms with van der Waals surface area (Å²) in [5.41, 5.74) is 6.31. The first-order chi connectivity index (χ1) is 34.4. The number of imidazole rings is 1. The Hall–Kier alpha value is -4.10. The number of nitrogen functional groups attached to an aromatic ring is 1. The summed E-state index contributed by atoms with van der Waals surface area (Å²) in [7, 11) is -16.5. The Bertz CT molecular complexity index is 2540. The van der Waals surface area contributed by atoms with E-state index >= 15 is 0 Å². The van der Waals surface area contributed by atoms with Crippen molar-refractivity contribution in [1.82, 2.24) is 30.2 Å². The predicted molar refractivity (Wildman–Crippen MR) is 256 cm³/mol. The summed E-state index contributed by atoms with van der Waals surface area (Å²) in [5, 5.41) is 26.7. The van der Waals surface area contributed by atoms with Crippen LogP contribution >= 0.6 is 23.5 Å². The summed E-state index contributed by atoms with van der Waals surface area (Å²) >= 11 is 0. The topological polar surface area (TPSA) is 390 Å². The number of nitrogens with two attached hydrogens (primary N) is 1. The number of aromatic nitrogens is 4. The van der Waals surface area contributed by atoms with Crippen molar-refractivity contribution in [3.05, 3.63) is 48.0 Å². The van der Waals surface area contributed by atoms with Crippen LogP contribution in [0.2, 0.25) is 0 Å². The van der Waals surface area contributed by atoms with Gasteiger partial charge in [0.25, 0.3) is 6.47 Å². The predicted octanol–water partition coefficient (Wildman–Crippen LogP) is 3.37. The second-order valence-electron chi connectivity index (χ2n) is 19.5. The number of aliphatic hydroxyl groups excluding tert-OH is 2. The highest BCUT2D eigenvalue weighted by molar-refractivity contribution is 7.61. The molecule has 2 saturated carbocycles. The quantitative estimate of drug-likeness (QED) is 0.0240. The molecule has 2 amide bonds. The van der Waals surface area contributed by atoms with Gasteiger partial charge in [-0.05, 0) is 81.8 Å². The minimum Gasteiger partial charge on any atom is -0.461 e. The van der Waals surface area contributed by atoms with E-state index in [2.05, 4.69) is 58.7 Å². The molecule has 0 radical (unpaired) electrons. The van der Waals surface area contributed by atoms with Crippen LogP contribution in [0.1, 0.15) is 115 Å². The molecule has 1 aliphatic heterocycles. The Morgan fingerprint density at radius 1 is 0.890 bits per heavy atom. The molecular formula is C44H66N7O19P3. The first kappa shape index (κ1) is 58.2. The molecule has 3 aliphatic rings. The van der Waals surface area contributed by atoms with Crippen molar-refractivity contribution in [3.8, 4) is 0 Å². The Morgan fingerprint density at radius 3 is 2.15 bits per heavy atom. The van der Waals surface area contributed by atoms with Gasteiger partial charge in [0, 0.05) is 36.8 Å². The minimum absolute atomic E-state index is 0.0286. The smallest absolute Gasteiger partial charge is 0.461 e. The first-order valence-electron chi connectivity index (χ1n) is 24.0. The van der Waals surface area contributed by atoms with Crippen LogP contribution in [0.5, 0.6) is 0 Å². The third kappa shape index (κ3) is 16.9. The van der Waals surface area contributed by atoms with Crippen LogP contribution in [0.25, 0.3) is 11.2 Å². The fourth-order valence-electron chi connectivity index (χ4n) is 8.63. The number of aliphatic hydroxyl groups is 2. The van der Waals surface area contributed by atoms with Gasteiger partial charge in [0.15, 0.2) is 17.7 Å². The highest BCUT2D eigenvalue weighted by Gasteiger charge is 2.51. The Labute approximate surface area is 420 Å². The van der Waals surface area contributed by atoms with Crippen LogP contribution in [0.3, 0.4) is 0 Å². The summed E-state index contributed by atoms with van der Waals surface area (Å²) in [6.07, 6.45) is 5.50. The largest absolute Gasteiger partial charge is 0.481 e. The van der Waals surface area contributed by atoms with Crippen LogP contribution in [-0.2, 0) is 73.1 Å². The van der Waals surface area contributed by atoms with Crippen molar-refractivity contribution in [3.63, 3.8) is 0 Å². The second kappa shape index (κ2) is 24.7. The number of anilines is 1. The SMILES string of the molecule is CC(C)(COP(=O)(O)OP(=O)(O)OCC1OC(n2cnc3c(N)ncnc32)C(O)C1OP(=O)(O)O)C(O)C(=O)NCCC(=O)NCCC(=O)C1(CCCCCc2ccc(CCCCC3(OC=O)CC3)cc2)CC1. The molecule has 3 heterocycles. The van der Waals surface area contributed by atoms with E-state index in [1.165, 1.54) is 25.0 Å². The van der Waals surface area contributed by atoms with Gasteiger partial charge in [-0.1, -0.05) is 51.0 Å². The van der Waals surface area contributed by atoms with E-state index in [-0.39, 0.29) is 59.7 Å². The third-order valence-corrected chi connectivity index (χ3v) is 16.4. The zero-order valence-electron chi connectivity index (χ0n) is 40.6. The number of hydrogen-bond donors (Lipinski definition) is 9. The maximum absolute atomic E-state index is 13.1. The molecule has 26 nitrogen and oxygen atoms in total. The number of benzene rings is 1. The van der Waals surface area contributed by atoms with E-state index in [1.807, 2.05) is 0 Å². The van der Waals surface area contributed by atoms with E-state index in [0.717, 1.165) is 101 Å². The summed E-state index contributed by atoms with van der Waals surface area (Å²) in [6.45, 7) is 0.970. The molecule has 73 heavy (non-hydrogen) atoms. The molecule has 2 aliphatic carbocycles. The highest BCUT2D eigenvalue weighted by atomic mass is 31.3. The number of unbranched alkanes of at least 4 members (excludes halogenated alkanes) is 3. The lowest BCUT2D eigenvalue weighted by Crippen LogP contribution is -2.46. The summed E-state index contributed by atoms with van der Waals surface area (Å²) in [6, 6.07) is 8.72. The number of hydrogen-bond acceptors (Lipinski definition) is 19. The van der Waals surface area contributed by atoms with E-state index in [4.69, 9.17) is 24.3 Å². The van der Waals surface area contributed by atoms with Gasteiger partial charge in [-0.25, -0.2) is 28.6 Å². The lowest BCUT2D eigenvalue weighted by atomic mass is 9.87. The fraction of sp³-hybridized carbons (Fsp3) is 0.659. The van der Waals surface area contributed by atoms with Gasteiger partial charge in [0.05, 0.1) is 19.5 Å². The maximum atomic E-state index is 13.1. The first-order valence-corrected chi connectivity index (χ1v) is 28.5. The number of phosphoric acid groups is 3. The van der Waals surface area contributed by atoms with E-state index in [9.17, 15) is 62.7 Å². The molecule has 1 saturated heterocycles. The lowest BCUT2D eigenvalue weighted by molar-refractivity contribution is -0.137. The molecule has 0 spiro atoms. The Morgan fingerprint density at radius 2 is 1.52 bits per heavy atom. The zero-order chi connectivity index (χ0) is 53.2. The highest BCUT2D eigenvalue weighted by Crippen LogP contribution is 2.61. The lowest BCUT2D eigenvalue weighted by Gasteiger charge is -2.30. The molecule has 6 rings (SSSR count). The standard InChI is InChI=1S/C44H66N7O19P3/c1-42(2,25-67-73(63,64)70-72(61,62)66-24-31-36(69-71(58,59)60)35(55)41(68-31)51-27-50-34-38(45)48-26-49-39(34)51)37(56)40(57)47-23-15-33(54)46-22-14-32(53)43(18-19-43)16-6-3-4-8-29-10-12-30(13-11-29)9-5-7-17-44(20-21-44)65-28-52/h10-13,26-28,31,35-37,41,55-56H,3-9,14-25H2,1-2H3,(H,46,54)(H,47,57)(H,61,62)(H,63,64)(H2,45,48,49)(H2,58,59,60). The number of nitrogens with one attached hydrogen (secondary N) is 2. The summed E-state index contributed by atoms with van der Waals surface area (Å²) < 4.78 is 67.9. The molecule has 29 heteroatoms. The number of ketones is 1. The maximum Gasteiger partial charge on any atom is 0.481 e. The van der Waals surface area contributed by atoms with Gasteiger partial charge < -0.3 is 55.6 Å². The number of rotatable bonds is 33. The summed E-state index contributed by atoms with van der Waals surface area (Å²) in [4.78, 5) is 100. The monoisotopic (exact) mass is 1090 g/mol. The van der Waals surface area contributed by atoms with Gasteiger partial charge in [-0.3, -0.25) is 37.3 Å². The molecule has 7 atom stereocenters. The molecule has 0 bridgehead atoms. The van der Waals surface area contributed by atoms with Crippen molar-refractivity contribution in [2.75, 3.05) is 32.0 Å². The second-order valence-corrected chi connectivity index (χ2v) is 23.7. The van der Waals surface area contributed by atoms with Gasteiger partial charge in [0.2, 0.25) is 11.8 Å². The fourth-order valence-corrected chi connectivity index (χ4v) is 11.5. The van der Waals surface area contributed by atoms with E-state index in [0.29, 0.717) is 6.47 Å². The van der Waals surface area contributed by atoms with Crippen molar-refractivity contribution in [2.24, 2.45) is 10.8 Å². The van der Waals surface area contributed by atoms with E-state index < -0.39 is 84.6 Å². The van der Waals surface area contributed by atoms with Crippen LogP contribution in [0.15, 0.2) is 36.9 Å². The minimum atomic E-state index is -5.59. The zero-order valence-corrected chi connectivity index (χ0v) is 43.2. The van der Waals surface area contributed by atoms with Gasteiger partial charge in [0.1, 0.15) is 47.6 Å².